The van der Waals surface area contributed by atoms with Gasteiger partial charge in [-0.15, -0.1) is 0 Å². The number of amides is 1. The molecule has 1 heterocycles. The fraction of sp³-hybridized carbons (Fsp3) is 0.923. The molecule has 0 aromatic rings. The smallest absolute Gasteiger partial charge is 0.237 e. The minimum atomic E-state index is -0.0391. The van der Waals surface area contributed by atoms with E-state index in [1.54, 1.807) is 14.2 Å². The maximum Gasteiger partial charge on any atom is 0.237 e. The number of nitrogens with zero attached hydrogens (tertiary/aromatic N) is 1. The van der Waals surface area contributed by atoms with Crippen LogP contribution in [0.25, 0.3) is 0 Å². The molecule has 1 aliphatic carbocycles. The highest BCUT2D eigenvalue weighted by molar-refractivity contribution is 5.80. The van der Waals surface area contributed by atoms with Crippen LogP contribution in [0.2, 0.25) is 0 Å². The van der Waals surface area contributed by atoms with Gasteiger partial charge in [-0.05, 0) is 18.8 Å². The number of nitrogens with one attached hydrogen (secondary N) is 1. The lowest BCUT2D eigenvalue weighted by atomic mass is 10.0. The first kappa shape index (κ1) is 13.8. The lowest BCUT2D eigenvalue weighted by Crippen LogP contribution is -2.47. The predicted octanol–water partition coefficient (Wildman–Crippen LogP) is 0.596. The van der Waals surface area contributed by atoms with Gasteiger partial charge in [0.2, 0.25) is 5.91 Å². The molecule has 1 amide bonds. The summed E-state index contributed by atoms with van der Waals surface area (Å²) in [6.07, 6.45) is 5.19. The van der Waals surface area contributed by atoms with Gasteiger partial charge in [0.25, 0.3) is 0 Å². The molecule has 5 nitrogen and oxygen atoms in total. The zero-order valence-electron chi connectivity index (χ0n) is 11.4. The molecule has 2 atom stereocenters. The number of carbonyl (C=O) groups is 1. The van der Waals surface area contributed by atoms with E-state index in [1.807, 2.05) is 4.90 Å². The Bertz CT molecular complexity index is 279. The van der Waals surface area contributed by atoms with Crippen LogP contribution in [0.15, 0.2) is 0 Å². The zero-order valence-corrected chi connectivity index (χ0v) is 11.4. The van der Waals surface area contributed by atoms with Gasteiger partial charge in [0.1, 0.15) is 0 Å². The number of carbonyl (C=O) groups excluding carboxylic acids is 1. The zero-order chi connectivity index (χ0) is 13.0. The summed E-state index contributed by atoms with van der Waals surface area (Å²) in [5.41, 5.74) is 0. The normalized spacial score (nSPS) is 27.1. The molecule has 0 aromatic carbocycles. The number of ether oxygens (including phenoxy) is 2. The molecule has 0 spiro atoms. The number of rotatable bonds is 6. The van der Waals surface area contributed by atoms with Crippen LogP contribution in [-0.4, -0.2) is 57.0 Å². The van der Waals surface area contributed by atoms with Crippen LogP contribution in [-0.2, 0) is 14.3 Å². The highest BCUT2D eigenvalue weighted by Gasteiger charge is 2.38. The molecule has 18 heavy (non-hydrogen) atoms. The molecule has 2 rings (SSSR count). The van der Waals surface area contributed by atoms with Crippen molar-refractivity contribution in [2.24, 2.45) is 5.92 Å². The molecule has 2 fully saturated rings. The van der Waals surface area contributed by atoms with Crippen molar-refractivity contribution in [3.05, 3.63) is 0 Å². The first-order valence-corrected chi connectivity index (χ1v) is 6.81. The van der Waals surface area contributed by atoms with Crippen LogP contribution >= 0.6 is 0 Å². The van der Waals surface area contributed by atoms with Gasteiger partial charge in [-0.3, -0.25) is 10.1 Å². The topological polar surface area (TPSA) is 50.8 Å². The summed E-state index contributed by atoms with van der Waals surface area (Å²) in [4.78, 5) is 13.9. The van der Waals surface area contributed by atoms with E-state index >= 15 is 0 Å². The fourth-order valence-corrected chi connectivity index (χ4v) is 3.07. The molecule has 2 aliphatic rings. The van der Waals surface area contributed by atoms with E-state index in [-0.39, 0.29) is 18.2 Å². The van der Waals surface area contributed by atoms with E-state index in [4.69, 9.17) is 9.47 Å². The van der Waals surface area contributed by atoms with E-state index in [0.717, 1.165) is 0 Å². The third kappa shape index (κ3) is 3.02. The quantitative estimate of drug-likeness (QED) is 0.756. The van der Waals surface area contributed by atoms with Gasteiger partial charge in [-0.1, -0.05) is 12.8 Å². The Kier molecular flexibility index (Phi) is 4.97. The van der Waals surface area contributed by atoms with Crippen LogP contribution in [0.4, 0.5) is 0 Å². The lowest BCUT2D eigenvalue weighted by Gasteiger charge is -2.31. The van der Waals surface area contributed by atoms with Gasteiger partial charge in [-0.2, -0.15) is 0 Å². The van der Waals surface area contributed by atoms with Crippen molar-refractivity contribution in [2.45, 2.75) is 38.0 Å². The van der Waals surface area contributed by atoms with E-state index in [9.17, 15) is 4.79 Å². The number of hydrogen-bond acceptors (Lipinski definition) is 4. The summed E-state index contributed by atoms with van der Waals surface area (Å²) >= 11 is 0. The van der Waals surface area contributed by atoms with Crippen molar-refractivity contribution < 1.29 is 14.3 Å². The monoisotopic (exact) mass is 256 g/mol. The van der Waals surface area contributed by atoms with Crippen LogP contribution in [0.3, 0.4) is 0 Å². The first-order valence-electron chi connectivity index (χ1n) is 6.81. The van der Waals surface area contributed by atoms with Crippen molar-refractivity contribution in [2.75, 3.05) is 33.9 Å². The maximum atomic E-state index is 12.0. The Hall–Kier alpha value is -0.650. The second-order valence-corrected chi connectivity index (χ2v) is 5.23. The summed E-state index contributed by atoms with van der Waals surface area (Å²) < 4.78 is 10.5. The van der Waals surface area contributed by atoms with E-state index in [1.165, 1.54) is 25.7 Å². The lowest BCUT2D eigenvalue weighted by molar-refractivity contribution is -0.131. The molecule has 0 aromatic heterocycles. The van der Waals surface area contributed by atoms with Crippen molar-refractivity contribution in [3.8, 4) is 0 Å². The second-order valence-electron chi connectivity index (χ2n) is 5.23. The molecule has 5 heteroatoms. The summed E-state index contributed by atoms with van der Waals surface area (Å²) in [5.74, 6) is 0.793. The van der Waals surface area contributed by atoms with Crippen molar-refractivity contribution in [1.29, 1.82) is 0 Å². The highest BCUT2D eigenvalue weighted by Crippen LogP contribution is 2.30. The third-order valence-electron chi connectivity index (χ3n) is 4.05. The molecule has 104 valence electrons. The number of hydrogen-bond donors (Lipinski definition) is 1. The minimum Gasteiger partial charge on any atom is -0.382 e. The number of methoxy groups -OCH3 is 2. The van der Waals surface area contributed by atoms with Gasteiger partial charge in [0.05, 0.1) is 32.0 Å². The summed E-state index contributed by atoms with van der Waals surface area (Å²) in [6, 6.07) is 0. The average molecular weight is 256 g/mol. The minimum absolute atomic E-state index is 0.0391. The van der Waals surface area contributed by atoms with Gasteiger partial charge >= 0.3 is 0 Å². The molecule has 1 aliphatic heterocycles. The third-order valence-corrected chi connectivity index (χ3v) is 4.05. The highest BCUT2D eigenvalue weighted by atomic mass is 16.5. The molecular formula is C13H24N2O3. The van der Waals surface area contributed by atoms with Gasteiger partial charge in [-0.25, -0.2) is 0 Å². The Morgan fingerprint density at radius 3 is 2.72 bits per heavy atom. The van der Waals surface area contributed by atoms with E-state index < -0.39 is 0 Å². The van der Waals surface area contributed by atoms with Crippen LogP contribution < -0.4 is 5.32 Å². The summed E-state index contributed by atoms with van der Waals surface area (Å²) in [6.45, 7) is 1.61. The fourth-order valence-electron chi connectivity index (χ4n) is 3.07. The largest absolute Gasteiger partial charge is 0.382 e. The van der Waals surface area contributed by atoms with Crippen LogP contribution in [0, 0.1) is 5.92 Å². The Labute approximate surface area is 109 Å². The Morgan fingerprint density at radius 2 is 2.11 bits per heavy atom. The predicted molar refractivity (Wildman–Crippen MR) is 68.1 cm³/mol. The SMILES string of the molecule is COCC(CN1C(=O)CNC1C1CCCC1)OC. The van der Waals surface area contributed by atoms with Crippen LogP contribution in [0.5, 0.6) is 0 Å². The average Bonchev–Trinajstić information content (AvgIpc) is 2.99. The van der Waals surface area contributed by atoms with Gasteiger partial charge in [0.15, 0.2) is 0 Å². The van der Waals surface area contributed by atoms with Crippen molar-refractivity contribution >= 4 is 5.91 Å². The van der Waals surface area contributed by atoms with Gasteiger partial charge in [0, 0.05) is 14.2 Å². The molecule has 0 radical (unpaired) electrons. The molecule has 0 bridgehead atoms. The molecule has 1 N–H and O–H groups in total. The van der Waals surface area contributed by atoms with Gasteiger partial charge < -0.3 is 14.4 Å². The van der Waals surface area contributed by atoms with Crippen molar-refractivity contribution in [3.63, 3.8) is 0 Å². The first-order chi connectivity index (χ1) is 8.76. The molecule has 1 saturated heterocycles. The van der Waals surface area contributed by atoms with E-state index in [0.29, 0.717) is 25.6 Å². The summed E-state index contributed by atoms with van der Waals surface area (Å²) in [5, 5.41) is 3.35. The molecular weight excluding hydrogens is 232 g/mol. The van der Waals surface area contributed by atoms with Crippen LogP contribution in [0.1, 0.15) is 25.7 Å². The second kappa shape index (κ2) is 6.50. The molecule has 2 unspecified atom stereocenters. The van der Waals surface area contributed by atoms with E-state index in [2.05, 4.69) is 5.32 Å². The van der Waals surface area contributed by atoms with Crippen molar-refractivity contribution in [1.82, 2.24) is 10.2 Å². The molecule has 1 saturated carbocycles. The Balaban J connectivity index is 1.95. The summed E-state index contributed by atoms with van der Waals surface area (Å²) in [7, 11) is 3.33. The maximum absolute atomic E-state index is 12.0. The Morgan fingerprint density at radius 1 is 1.39 bits per heavy atom. The standard InChI is InChI=1S/C13H24N2O3/c1-17-9-11(18-2)8-15-12(16)7-14-13(15)10-5-3-4-6-10/h10-11,13-14H,3-9H2,1-2H3.